The number of aliphatic imine (C=N–C) groups is 1. The monoisotopic (exact) mass is 547 g/mol. The summed E-state index contributed by atoms with van der Waals surface area (Å²) in [7, 11) is 0.675. The molecule has 1 fully saturated rings. The van der Waals surface area contributed by atoms with Gasteiger partial charge in [0, 0.05) is 41.4 Å². The van der Waals surface area contributed by atoms with Crippen molar-refractivity contribution in [3.63, 3.8) is 0 Å². The highest BCUT2D eigenvalue weighted by Crippen LogP contribution is 2.32. The van der Waals surface area contributed by atoms with E-state index in [2.05, 4.69) is 10.3 Å². The van der Waals surface area contributed by atoms with E-state index in [4.69, 9.17) is 4.74 Å². The van der Waals surface area contributed by atoms with Crippen molar-refractivity contribution in [3.8, 4) is 0 Å². The molecular weight excluding hydrogens is 518 g/mol. The van der Waals surface area contributed by atoms with Crippen molar-refractivity contribution in [1.29, 1.82) is 0 Å². The minimum Gasteiger partial charge on any atom is -0.370 e. The molecule has 0 bridgehead atoms. The van der Waals surface area contributed by atoms with Gasteiger partial charge in [0.05, 0.1) is 18.7 Å². The molecule has 0 radical (unpaired) electrons. The Morgan fingerprint density at radius 2 is 2.03 bits per heavy atom. The van der Waals surface area contributed by atoms with Crippen molar-refractivity contribution < 1.29 is 22.1 Å². The van der Waals surface area contributed by atoms with Crippen molar-refractivity contribution >= 4 is 40.7 Å². The highest BCUT2D eigenvalue weighted by Gasteiger charge is 2.32. The summed E-state index contributed by atoms with van der Waals surface area (Å²) >= 11 is 0. The Balaban J connectivity index is 0.00000420. The topological polar surface area (TPSA) is 53.9 Å². The molecule has 1 aliphatic rings. The van der Waals surface area contributed by atoms with E-state index >= 15 is 0 Å². The van der Waals surface area contributed by atoms with Gasteiger partial charge in [-0.25, -0.2) is 0 Å². The van der Waals surface area contributed by atoms with Crippen LogP contribution in [0.15, 0.2) is 29.3 Å². The number of hydrogen-bond donors (Lipinski definition) is 1. The van der Waals surface area contributed by atoms with Gasteiger partial charge >= 0.3 is 6.18 Å². The van der Waals surface area contributed by atoms with Crippen LogP contribution in [0.2, 0.25) is 0 Å². The van der Waals surface area contributed by atoms with Crippen LogP contribution >= 0.6 is 24.0 Å². The van der Waals surface area contributed by atoms with Crippen LogP contribution in [0.4, 0.5) is 13.2 Å². The normalized spacial score (nSPS) is 19.5. The Morgan fingerprint density at radius 3 is 2.62 bits per heavy atom. The summed E-state index contributed by atoms with van der Waals surface area (Å²) in [5, 5.41) is 3.20. The van der Waals surface area contributed by atoms with Crippen molar-refractivity contribution in [3.05, 3.63) is 35.4 Å². The number of nitrogens with one attached hydrogen (secondary N) is 1. The lowest BCUT2D eigenvalue weighted by atomic mass is 10.0. The molecule has 2 rings (SSSR count). The average Bonchev–Trinajstić information content (AvgIpc) is 2.64. The molecule has 10 heteroatoms. The Bertz CT molecular complexity index is 723. The van der Waals surface area contributed by atoms with E-state index in [1.807, 2.05) is 25.7 Å². The third kappa shape index (κ3) is 7.71. The fraction of sp³-hybridized carbons (Fsp3) is 0.632. The predicted octanol–water partition coefficient (Wildman–Crippen LogP) is 3.82. The second kappa shape index (κ2) is 10.9. The molecule has 0 amide bonds. The zero-order valence-corrected chi connectivity index (χ0v) is 20.2. The number of ether oxygens (including phenoxy) is 1. The number of benzene rings is 1. The number of guanidine groups is 1. The van der Waals surface area contributed by atoms with Gasteiger partial charge in [-0.2, -0.15) is 13.2 Å². The van der Waals surface area contributed by atoms with Crippen LogP contribution in [0.5, 0.6) is 0 Å². The maximum absolute atomic E-state index is 13.0. The first-order valence-electron chi connectivity index (χ1n) is 9.15. The van der Waals surface area contributed by atoms with Gasteiger partial charge in [0.15, 0.2) is 5.96 Å². The standard InChI is InChI=1S/C19H28F3N3O2S.HI/c1-18(2,3)28(26)11-8-24-17(23-4)25-9-10-27-16(13-25)14-6-5-7-15(12-14)19(20,21)22;/h5-7,12,16H,8-11,13H2,1-4H3,(H,23,24);1H. The molecule has 1 heterocycles. The van der Waals surface area contributed by atoms with E-state index in [1.54, 1.807) is 13.1 Å². The molecule has 0 saturated carbocycles. The molecule has 1 N–H and O–H groups in total. The SMILES string of the molecule is CN=C(NCCS(=O)C(C)(C)C)N1CCOC(c2cccc(C(F)(F)F)c2)C1.I. The van der Waals surface area contributed by atoms with Crippen LogP contribution in [0.1, 0.15) is 38.0 Å². The first kappa shape index (κ1) is 26.2. The lowest BCUT2D eigenvalue weighted by Gasteiger charge is -2.35. The van der Waals surface area contributed by atoms with Crippen LogP contribution in [0, 0.1) is 0 Å². The van der Waals surface area contributed by atoms with Gasteiger partial charge in [0.1, 0.15) is 6.10 Å². The predicted molar refractivity (Wildman–Crippen MR) is 121 cm³/mol. The molecule has 0 spiro atoms. The highest BCUT2D eigenvalue weighted by atomic mass is 127. The number of nitrogens with zero attached hydrogens (tertiary/aromatic N) is 2. The quantitative estimate of drug-likeness (QED) is 0.354. The fourth-order valence-corrected chi connectivity index (χ4v) is 3.75. The number of hydrogen-bond acceptors (Lipinski definition) is 3. The molecule has 1 saturated heterocycles. The smallest absolute Gasteiger partial charge is 0.370 e. The largest absolute Gasteiger partial charge is 0.416 e. The van der Waals surface area contributed by atoms with Gasteiger partial charge in [0.25, 0.3) is 0 Å². The lowest BCUT2D eigenvalue weighted by Crippen LogP contribution is -2.49. The van der Waals surface area contributed by atoms with Crippen LogP contribution < -0.4 is 5.32 Å². The minimum atomic E-state index is -4.38. The summed E-state index contributed by atoms with van der Waals surface area (Å²) in [5.41, 5.74) is -0.193. The van der Waals surface area contributed by atoms with Crippen molar-refractivity contribution in [2.24, 2.45) is 4.99 Å². The maximum atomic E-state index is 13.0. The van der Waals surface area contributed by atoms with Crippen LogP contribution in [-0.2, 0) is 21.7 Å². The molecule has 1 aromatic carbocycles. The van der Waals surface area contributed by atoms with Gasteiger partial charge in [0.2, 0.25) is 0 Å². The fourth-order valence-electron chi connectivity index (χ4n) is 2.85. The molecule has 29 heavy (non-hydrogen) atoms. The summed E-state index contributed by atoms with van der Waals surface area (Å²) in [4.78, 5) is 6.21. The van der Waals surface area contributed by atoms with E-state index in [-0.39, 0.29) is 28.7 Å². The van der Waals surface area contributed by atoms with Crippen LogP contribution in [-0.4, -0.2) is 58.9 Å². The Morgan fingerprint density at radius 1 is 1.34 bits per heavy atom. The van der Waals surface area contributed by atoms with Gasteiger partial charge in [-0.1, -0.05) is 12.1 Å². The summed E-state index contributed by atoms with van der Waals surface area (Å²) in [5.74, 6) is 1.12. The lowest BCUT2D eigenvalue weighted by molar-refractivity contribution is -0.137. The summed E-state index contributed by atoms with van der Waals surface area (Å²) < 4.78 is 56.5. The Hall–Kier alpha value is -0.880. The third-order valence-corrected chi connectivity index (χ3v) is 6.36. The van der Waals surface area contributed by atoms with Gasteiger partial charge in [-0.3, -0.25) is 9.20 Å². The van der Waals surface area contributed by atoms with E-state index in [1.165, 1.54) is 6.07 Å². The highest BCUT2D eigenvalue weighted by molar-refractivity contribution is 14.0. The van der Waals surface area contributed by atoms with Crippen molar-refractivity contribution in [1.82, 2.24) is 10.2 Å². The van der Waals surface area contributed by atoms with E-state index in [9.17, 15) is 17.4 Å². The first-order chi connectivity index (χ1) is 13.0. The average molecular weight is 547 g/mol. The molecule has 166 valence electrons. The molecule has 5 nitrogen and oxygen atoms in total. The van der Waals surface area contributed by atoms with Gasteiger partial charge < -0.3 is 15.0 Å². The molecule has 0 aliphatic carbocycles. The van der Waals surface area contributed by atoms with E-state index in [0.717, 1.165) is 12.1 Å². The summed E-state index contributed by atoms with van der Waals surface area (Å²) in [6.07, 6.45) is -4.86. The number of morpholine rings is 1. The second-order valence-corrected chi connectivity index (χ2v) is 9.89. The van der Waals surface area contributed by atoms with Crippen LogP contribution in [0.3, 0.4) is 0 Å². The van der Waals surface area contributed by atoms with E-state index in [0.29, 0.717) is 43.5 Å². The zero-order chi connectivity index (χ0) is 20.9. The minimum absolute atomic E-state index is 0. The van der Waals surface area contributed by atoms with E-state index < -0.39 is 28.6 Å². The summed E-state index contributed by atoms with van der Waals surface area (Å²) in [6, 6.07) is 5.23. The van der Waals surface area contributed by atoms with Crippen LogP contribution in [0.25, 0.3) is 0 Å². The first-order valence-corrected chi connectivity index (χ1v) is 10.5. The number of halogens is 4. The molecular formula is C19H29F3IN3O2S. The Labute approximate surface area is 190 Å². The number of rotatable bonds is 4. The third-order valence-electron chi connectivity index (χ3n) is 4.42. The molecule has 1 aliphatic heterocycles. The zero-order valence-electron chi connectivity index (χ0n) is 17.1. The molecule has 0 aromatic heterocycles. The van der Waals surface area contributed by atoms with Crippen molar-refractivity contribution in [2.45, 2.75) is 37.8 Å². The van der Waals surface area contributed by atoms with Gasteiger partial charge in [-0.15, -0.1) is 24.0 Å². The maximum Gasteiger partial charge on any atom is 0.416 e. The molecule has 1 aromatic rings. The van der Waals surface area contributed by atoms with Crippen molar-refractivity contribution in [2.75, 3.05) is 39.0 Å². The number of alkyl halides is 3. The second-order valence-electron chi connectivity index (χ2n) is 7.56. The summed E-state index contributed by atoms with van der Waals surface area (Å²) in [6.45, 7) is 7.65. The Kier molecular flexibility index (Phi) is 9.87. The molecule has 2 unspecified atom stereocenters. The van der Waals surface area contributed by atoms with Gasteiger partial charge in [-0.05, 0) is 38.5 Å². The molecule has 2 atom stereocenters.